The van der Waals surface area contributed by atoms with Gasteiger partial charge in [-0.2, -0.15) is 0 Å². The van der Waals surface area contributed by atoms with E-state index in [0.29, 0.717) is 10.3 Å². The molecule has 1 aromatic heterocycles. The Morgan fingerprint density at radius 2 is 2.22 bits per heavy atom. The van der Waals surface area contributed by atoms with E-state index in [0.717, 1.165) is 10.6 Å². The van der Waals surface area contributed by atoms with Gasteiger partial charge in [0, 0.05) is 23.2 Å². The first-order valence-corrected chi connectivity index (χ1v) is 8.75. The summed E-state index contributed by atoms with van der Waals surface area (Å²) in [7, 11) is 1.63. The molecule has 1 aromatic carbocycles. The molecule has 4 nitrogen and oxygen atoms in total. The Balaban J connectivity index is 2.36. The molecule has 0 saturated heterocycles. The Bertz CT molecular complexity index is 689. The highest BCUT2D eigenvalue weighted by Crippen LogP contribution is 2.27. The van der Waals surface area contributed by atoms with Gasteiger partial charge in [-0.05, 0) is 38.5 Å². The molecule has 0 aliphatic rings. The first kappa shape index (κ1) is 18.0. The van der Waals surface area contributed by atoms with Crippen LogP contribution in [-0.4, -0.2) is 23.7 Å². The number of amidine groups is 1. The summed E-state index contributed by atoms with van der Waals surface area (Å²) in [5.74, 6) is 0.367. The van der Waals surface area contributed by atoms with E-state index in [1.54, 1.807) is 19.4 Å². The Hall–Kier alpha value is -1.31. The number of hydrogen-bond acceptors (Lipinski definition) is 4. The number of benzene rings is 1. The lowest BCUT2D eigenvalue weighted by Crippen LogP contribution is -2.45. The number of hydrogen-bond donors (Lipinski definition) is 1. The fourth-order valence-electron chi connectivity index (χ4n) is 1.92. The molecule has 0 bridgehead atoms. The van der Waals surface area contributed by atoms with Gasteiger partial charge in [0.25, 0.3) is 0 Å². The van der Waals surface area contributed by atoms with Crippen molar-refractivity contribution < 1.29 is 9.13 Å². The van der Waals surface area contributed by atoms with Crippen LogP contribution in [0.3, 0.4) is 0 Å². The summed E-state index contributed by atoms with van der Waals surface area (Å²) in [6, 6.07) is 4.43. The topological polar surface area (TPSA) is 46.5 Å². The van der Waals surface area contributed by atoms with Crippen LogP contribution in [0.25, 0.3) is 0 Å². The summed E-state index contributed by atoms with van der Waals surface area (Å²) >= 11 is 4.89. The average Bonchev–Trinajstić information content (AvgIpc) is 3.00. The molecule has 2 aromatic rings. The smallest absolute Gasteiger partial charge is 0.160 e. The van der Waals surface area contributed by atoms with E-state index in [1.807, 2.05) is 26.2 Å². The van der Waals surface area contributed by atoms with E-state index in [1.165, 1.54) is 23.5 Å². The lowest BCUT2D eigenvalue weighted by molar-refractivity contribution is 0.00977. The predicted molar refractivity (Wildman–Crippen MR) is 95.4 cm³/mol. The number of aliphatic imine (C=N–C) groups is 1. The monoisotopic (exact) mass is 399 g/mol. The number of aromatic nitrogens is 1. The number of nitrogens with zero attached hydrogens (tertiary/aromatic N) is 2. The number of methoxy groups -OCH3 is 1. The summed E-state index contributed by atoms with van der Waals surface area (Å²) in [6.07, 6.45) is 1.73. The van der Waals surface area contributed by atoms with E-state index < -0.39 is 5.72 Å². The van der Waals surface area contributed by atoms with E-state index in [4.69, 9.17) is 9.73 Å². The van der Waals surface area contributed by atoms with Crippen LogP contribution in [0.5, 0.6) is 0 Å². The third kappa shape index (κ3) is 4.83. The summed E-state index contributed by atoms with van der Waals surface area (Å²) < 4.78 is 19.4. The number of rotatable bonds is 5. The van der Waals surface area contributed by atoms with Crippen molar-refractivity contribution in [2.24, 2.45) is 4.99 Å². The van der Waals surface area contributed by atoms with Crippen molar-refractivity contribution >= 4 is 33.1 Å². The van der Waals surface area contributed by atoms with Crippen molar-refractivity contribution in [1.82, 2.24) is 10.3 Å². The summed E-state index contributed by atoms with van der Waals surface area (Å²) in [5, 5.41) is 5.93. The largest absolute Gasteiger partial charge is 0.360 e. The third-order valence-corrected chi connectivity index (χ3v) is 4.77. The van der Waals surface area contributed by atoms with Gasteiger partial charge in [0.2, 0.25) is 0 Å². The summed E-state index contributed by atoms with van der Waals surface area (Å²) in [6.45, 7) is 5.77. The molecule has 0 aliphatic carbocycles. The van der Waals surface area contributed by atoms with E-state index >= 15 is 0 Å². The maximum absolute atomic E-state index is 13.3. The number of nitrogens with one attached hydrogen (secondary N) is 1. The highest BCUT2D eigenvalue weighted by Gasteiger charge is 2.21. The van der Waals surface area contributed by atoms with Crippen molar-refractivity contribution in [2.45, 2.75) is 32.5 Å². The zero-order chi connectivity index (χ0) is 17.0. The minimum atomic E-state index is -0.579. The molecule has 1 heterocycles. The van der Waals surface area contributed by atoms with Gasteiger partial charge in [0.15, 0.2) is 10.8 Å². The molecule has 0 unspecified atom stereocenters. The van der Waals surface area contributed by atoms with E-state index in [2.05, 4.69) is 26.2 Å². The minimum absolute atomic E-state index is 0.177. The van der Waals surface area contributed by atoms with Crippen LogP contribution >= 0.6 is 27.3 Å². The lowest BCUT2D eigenvalue weighted by atomic mass is 10.1. The van der Waals surface area contributed by atoms with Gasteiger partial charge in [0.1, 0.15) is 11.5 Å². The maximum Gasteiger partial charge on any atom is 0.160 e. The van der Waals surface area contributed by atoms with Gasteiger partial charge in [-0.25, -0.2) is 9.37 Å². The number of halogens is 2. The molecule has 23 heavy (non-hydrogen) atoms. The van der Waals surface area contributed by atoms with Crippen LogP contribution in [0, 0.1) is 5.82 Å². The average molecular weight is 400 g/mol. The third-order valence-electron chi connectivity index (χ3n) is 3.30. The van der Waals surface area contributed by atoms with Crippen molar-refractivity contribution in [3.63, 3.8) is 0 Å². The maximum atomic E-state index is 13.3. The Morgan fingerprint density at radius 3 is 2.78 bits per heavy atom. The quantitative estimate of drug-likeness (QED) is 0.456. The Morgan fingerprint density at radius 1 is 1.48 bits per heavy atom. The van der Waals surface area contributed by atoms with E-state index in [9.17, 15) is 4.39 Å². The standard InChI is InChI=1S/C16H19BrFN3OS/c1-10(12-6-5-11(18)9-13(12)17)20-14(15-19-7-8-23-15)21-16(2,3)22-4/h5-10H,1-4H3,(H,20,21)/t10-/m1/s1. The zero-order valence-electron chi connectivity index (χ0n) is 13.4. The molecule has 1 N–H and O–H groups in total. The molecule has 1 atom stereocenters. The van der Waals surface area contributed by atoms with Gasteiger partial charge in [0.05, 0.1) is 6.04 Å². The second-order valence-electron chi connectivity index (χ2n) is 5.50. The summed E-state index contributed by atoms with van der Waals surface area (Å²) in [4.78, 5) is 9.05. The van der Waals surface area contributed by atoms with Gasteiger partial charge >= 0.3 is 0 Å². The highest BCUT2D eigenvalue weighted by molar-refractivity contribution is 9.10. The second-order valence-corrected chi connectivity index (χ2v) is 7.25. The molecule has 0 aliphatic heterocycles. The molecule has 0 saturated carbocycles. The van der Waals surface area contributed by atoms with Gasteiger partial charge in [-0.15, -0.1) is 11.3 Å². The molecule has 7 heteroatoms. The highest BCUT2D eigenvalue weighted by atomic mass is 79.9. The molecule has 0 spiro atoms. The Labute approximate surface area is 147 Å². The molecule has 0 fully saturated rings. The number of thiazole rings is 1. The lowest BCUT2D eigenvalue weighted by Gasteiger charge is -2.26. The van der Waals surface area contributed by atoms with Crippen LogP contribution < -0.4 is 5.32 Å². The van der Waals surface area contributed by atoms with Gasteiger partial charge in [-0.1, -0.05) is 22.0 Å². The van der Waals surface area contributed by atoms with Crippen LogP contribution in [0.15, 0.2) is 39.2 Å². The molecular weight excluding hydrogens is 381 g/mol. The van der Waals surface area contributed by atoms with Crippen LogP contribution in [0.4, 0.5) is 4.39 Å². The van der Waals surface area contributed by atoms with Crippen molar-refractivity contribution in [1.29, 1.82) is 0 Å². The van der Waals surface area contributed by atoms with Gasteiger partial charge in [-0.3, -0.25) is 4.99 Å². The molecule has 0 radical (unpaired) electrons. The molecular formula is C16H19BrFN3OS. The molecule has 124 valence electrons. The van der Waals surface area contributed by atoms with Crippen LogP contribution in [0.1, 0.15) is 37.4 Å². The fraction of sp³-hybridized carbons (Fsp3) is 0.375. The number of ether oxygens (including phenoxy) is 1. The SMILES string of the molecule is COC(C)(C)NC(=N[C@H](C)c1ccc(F)cc1Br)c1nccs1. The Kier molecular flexibility index (Phi) is 5.89. The van der Waals surface area contributed by atoms with E-state index in [-0.39, 0.29) is 11.9 Å². The second kappa shape index (κ2) is 7.51. The van der Waals surface area contributed by atoms with Crippen LogP contribution in [-0.2, 0) is 4.74 Å². The van der Waals surface area contributed by atoms with Crippen LogP contribution in [0.2, 0.25) is 0 Å². The van der Waals surface area contributed by atoms with Crippen molar-refractivity contribution in [3.8, 4) is 0 Å². The summed E-state index contributed by atoms with van der Waals surface area (Å²) in [5.41, 5.74) is 0.321. The normalized spacial score (nSPS) is 13.9. The first-order chi connectivity index (χ1) is 10.8. The van der Waals surface area contributed by atoms with Gasteiger partial charge < -0.3 is 10.1 Å². The predicted octanol–water partition coefficient (Wildman–Crippen LogP) is 4.52. The van der Waals surface area contributed by atoms with Crippen molar-refractivity contribution in [3.05, 3.63) is 50.6 Å². The zero-order valence-corrected chi connectivity index (χ0v) is 15.8. The molecule has 0 amide bonds. The van der Waals surface area contributed by atoms with Crippen molar-refractivity contribution in [2.75, 3.05) is 7.11 Å². The molecule has 2 rings (SSSR count). The fourth-order valence-corrected chi connectivity index (χ4v) is 3.19. The first-order valence-electron chi connectivity index (χ1n) is 7.08. The minimum Gasteiger partial charge on any atom is -0.360 e.